The third-order valence-electron chi connectivity index (χ3n) is 3.89. The van der Waals surface area contributed by atoms with Gasteiger partial charge in [-0.25, -0.2) is 4.98 Å². The molecule has 5 nitrogen and oxygen atoms in total. The maximum Gasteiger partial charge on any atom is 0.244 e. The van der Waals surface area contributed by atoms with E-state index < -0.39 is 0 Å². The van der Waals surface area contributed by atoms with E-state index in [9.17, 15) is 4.79 Å². The van der Waals surface area contributed by atoms with E-state index in [0.29, 0.717) is 19.6 Å². The molecular weight excluding hydrogens is 326 g/mol. The number of aromatic amines is 1. The Balaban J connectivity index is 1.51. The summed E-state index contributed by atoms with van der Waals surface area (Å²) in [7, 11) is 0. The summed E-state index contributed by atoms with van der Waals surface area (Å²) in [5.41, 5.74) is 2.85. The number of hydrogen-bond donors (Lipinski definition) is 2. The summed E-state index contributed by atoms with van der Waals surface area (Å²) in [6, 6.07) is 15.6. The Hall–Kier alpha value is -3.08. The van der Waals surface area contributed by atoms with Crippen LogP contribution in [0.25, 0.3) is 17.1 Å². The molecule has 0 unspecified atom stereocenters. The Labute approximate surface area is 153 Å². The van der Waals surface area contributed by atoms with Crippen molar-refractivity contribution in [2.45, 2.75) is 19.8 Å². The molecule has 0 aliphatic carbocycles. The molecule has 2 aromatic carbocycles. The van der Waals surface area contributed by atoms with Crippen LogP contribution in [-0.2, 0) is 11.2 Å². The lowest BCUT2D eigenvalue weighted by molar-refractivity contribution is -0.116. The minimum Gasteiger partial charge on any atom is -0.493 e. The molecule has 0 fully saturated rings. The monoisotopic (exact) mass is 349 g/mol. The van der Waals surface area contributed by atoms with Crippen LogP contribution < -0.4 is 10.1 Å². The first-order valence-electron chi connectivity index (χ1n) is 8.87. The Kier molecular flexibility index (Phi) is 6.04. The van der Waals surface area contributed by atoms with E-state index in [2.05, 4.69) is 22.2 Å². The summed E-state index contributed by atoms with van der Waals surface area (Å²) in [6.07, 6.45) is 4.92. The second-order valence-electron chi connectivity index (χ2n) is 5.96. The lowest BCUT2D eigenvalue weighted by atomic mass is 10.2. The van der Waals surface area contributed by atoms with Crippen molar-refractivity contribution in [1.29, 1.82) is 0 Å². The van der Waals surface area contributed by atoms with Crippen LogP contribution in [0.3, 0.4) is 0 Å². The molecule has 3 rings (SSSR count). The zero-order chi connectivity index (χ0) is 18.2. The van der Waals surface area contributed by atoms with Crippen molar-refractivity contribution < 1.29 is 9.53 Å². The van der Waals surface area contributed by atoms with Gasteiger partial charge in [0.1, 0.15) is 11.6 Å². The Morgan fingerprint density at radius 3 is 2.85 bits per heavy atom. The number of nitrogens with one attached hydrogen (secondary N) is 2. The van der Waals surface area contributed by atoms with Crippen LogP contribution in [0.15, 0.2) is 54.6 Å². The maximum absolute atomic E-state index is 12.0. The molecule has 1 aromatic heterocycles. The molecule has 0 radical (unpaired) electrons. The van der Waals surface area contributed by atoms with Gasteiger partial charge in [0, 0.05) is 24.6 Å². The summed E-state index contributed by atoms with van der Waals surface area (Å²) in [5, 5.41) is 2.88. The van der Waals surface area contributed by atoms with Gasteiger partial charge in [-0.2, -0.15) is 0 Å². The van der Waals surface area contributed by atoms with Crippen LogP contribution >= 0.6 is 0 Å². The fourth-order valence-electron chi connectivity index (χ4n) is 2.61. The summed E-state index contributed by atoms with van der Waals surface area (Å²) in [6.45, 7) is 3.25. The third-order valence-corrected chi connectivity index (χ3v) is 3.89. The predicted octanol–water partition coefficient (Wildman–Crippen LogP) is 3.72. The van der Waals surface area contributed by atoms with Crippen molar-refractivity contribution in [3.63, 3.8) is 0 Å². The molecule has 1 heterocycles. The number of hydrogen-bond acceptors (Lipinski definition) is 3. The standard InChI is InChI=1S/C21H23N3O2/c1-2-15-26-19-10-6-3-7-16(19)11-12-21(25)22-14-13-20-23-17-8-4-5-9-18(17)24-20/h3-12H,2,13-15H2,1H3,(H,22,25)(H,23,24)/b12-11+. The van der Waals surface area contributed by atoms with E-state index in [-0.39, 0.29) is 5.91 Å². The molecule has 2 N–H and O–H groups in total. The van der Waals surface area contributed by atoms with Gasteiger partial charge in [0.25, 0.3) is 0 Å². The largest absolute Gasteiger partial charge is 0.493 e. The Morgan fingerprint density at radius 1 is 1.19 bits per heavy atom. The molecule has 26 heavy (non-hydrogen) atoms. The van der Waals surface area contributed by atoms with Crippen LogP contribution in [0.1, 0.15) is 24.7 Å². The number of carbonyl (C=O) groups is 1. The van der Waals surface area contributed by atoms with E-state index in [1.54, 1.807) is 6.08 Å². The molecule has 3 aromatic rings. The van der Waals surface area contributed by atoms with Crippen molar-refractivity contribution in [3.8, 4) is 5.75 Å². The van der Waals surface area contributed by atoms with Crippen molar-refractivity contribution in [2.24, 2.45) is 0 Å². The molecule has 0 saturated carbocycles. The van der Waals surface area contributed by atoms with Crippen LogP contribution in [0.2, 0.25) is 0 Å². The van der Waals surface area contributed by atoms with Crippen LogP contribution in [-0.4, -0.2) is 29.0 Å². The number of aromatic nitrogens is 2. The average Bonchev–Trinajstić information content (AvgIpc) is 3.08. The second-order valence-corrected chi connectivity index (χ2v) is 5.96. The van der Waals surface area contributed by atoms with Gasteiger partial charge in [0.05, 0.1) is 17.6 Å². The number of nitrogens with zero attached hydrogens (tertiary/aromatic N) is 1. The van der Waals surface area contributed by atoms with E-state index in [4.69, 9.17) is 4.74 Å². The van der Waals surface area contributed by atoms with Gasteiger partial charge >= 0.3 is 0 Å². The number of imidazole rings is 1. The Bertz CT molecular complexity index is 866. The van der Waals surface area contributed by atoms with E-state index in [1.807, 2.05) is 48.5 Å². The highest BCUT2D eigenvalue weighted by atomic mass is 16.5. The first kappa shape index (κ1) is 17.7. The van der Waals surface area contributed by atoms with Crippen LogP contribution in [0, 0.1) is 0 Å². The minimum atomic E-state index is -0.133. The predicted molar refractivity (Wildman–Crippen MR) is 104 cm³/mol. The molecule has 0 spiro atoms. The SMILES string of the molecule is CCCOc1ccccc1/C=C/C(=O)NCCc1nc2ccccc2[nH]1. The van der Waals surface area contributed by atoms with Gasteiger partial charge in [-0.3, -0.25) is 4.79 Å². The van der Waals surface area contributed by atoms with E-state index >= 15 is 0 Å². The molecular formula is C21H23N3O2. The molecule has 0 saturated heterocycles. The number of para-hydroxylation sites is 3. The van der Waals surface area contributed by atoms with Crippen molar-refractivity contribution in [3.05, 3.63) is 66.0 Å². The van der Waals surface area contributed by atoms with Crippen LogP contribution in [0.5, 0.6) is 5.75 Å². The van der Waals surface area contributed by atoms with Gasteiger partial charge in [-0.1, -0.05) is 37.3 Å². The third kappa shape index (κ3) is 4.72. The highest BCUT2D eigenvalue weighted by Gasteiger charge is 2.03. The smallest absolute Gasteiger partial charge is 0.244 e. The number of fused-ring (bicyclic) bond motifs is 1. The highest BCUT2D eigenvalue weighted by molar-refractivity contribution is 5.92. The Morgan fingerprint density at radius 2 is 2.00 bits per heavy atom. The average molecular weight is 349 g/mol. The molecule has 0 bridgehead atoms. The van der Waals surface area contributed by atoms with Crippen molar-refractivity contribution in [1.82, 2.24) is 15.3 Å². The summed E-state index contributed by atoms with van der Waals surface area (Å²) >= 11 is 0. The molecule has 1 amide bonds. The summed E-state index contributed by atoms with van der Waals surface area (Å²) in [4.78, 5) is 19.8. The molecule has 134 valence electrons. The maximum atomic E-state index is 12.0. The van der Waals surface area contributed by atoms with Gasteiger partial charge in [-0.05, 0) is 30.7 Å². The normalized spacial score (nSPS) is 11.1. The first-order chi connectivity index (χ1) is 12.8. The fourth-order valence-corrected chi connectivity index (χ4v) is 2.61. The molecule has 5 heteroatoms. The minimum absolute atomic E-state index is 0.133. The van der Waals surface area contributed by atoms with Gasteiger partial charge < -0.3 is 15.0 Å². The lowest BCUT2D eigenvalue weighted by Crippen LogP contribution is -2.23. The van der Waals surface area contributed by atoms with Gasteiger partial charge in [0.2, 0.25) is 5.91 Å². The quantitative estimate of drug-likeness (QED) is 0.609. The number of ether oxygens (including phenoxy) is 1. The molecule has 0 aliphatic heterocycles. The fraction of sp³-hybridized carbons (Fsp3) is 0.238. The van der Waals surface area contributed by atoms with E-state index in [0.717, 1.165) is 34.6 Å². The second kappa shape index (κ2) is 8.85. The zero-order valence-electron chi connectivity index (χ0n) is 14.9. The zero-order valence-corrected chi connectivity index (χ0v) is 14.9. The number of benzene rings is 2. The molecule has 0 atom stereocenters. The lowest BCUT2D eigenvalue weighted by Gasteiger charge is -2.07. The van der Waals surface area contributed by atoms with Crippen LogP contribution in [0.4, 0.5) is 0 Å². The number of amides is 1. The van der Waals surface area contributed by atoms with Gasteiger partial charge in [0.15, 0.2) is 0 Å². The highest BCUT2D eigenvalue weighted by Crippen LogP contribution is 2.19. The topological polar surface area (TPSA) is 67.0 Å². The van der Waals surface area contributed by atoms with Gasteiger partial charge in [-0.15, -0.1) is 0 Å². The summed E-state index contributed by atoms with van der Waals surface area (Å²) in [5.74, 6) is 1.53. The first-order valence-corrected chi connectivity index (χ1v) is 8.87. The number of H-pyrrole nitrogens is 1. The van der Waals surface area contributed by atoms with E-state index in [1.165, 1.54) is 6.08 Å². The van der Waals surface area contributed by atoms with Crippen molar-refractivity contribution in [2.75, 3.05) is 13.2 Å². The molecule has 0 aliphatic rings. The number of carbonyl (C=O) groups excluding carboxylic acids is 1. The summed E-state index contributed by atoms with van der Waals surface area (Å²) < 4.78 is 5.69. The number of rotatable bonds is 8. The van der Waals surface area contributed by atoms with Crippen molar-refractivity contribution >= 4 is 23.0 Å².